The predicted octanol–water partition coefficient (Wildman–Crippen LogP) is 3.49. The first-order valence-corrected chi connectivity index (χ1v) is 6.08. The van der Waals surface area contributed by atoms with Crippen LogP contribution in [0.25, 0.3) is 11.1 Å². The standard InChI is InChI=1S/C16H14O2/c1-18-14-7-4-11(5-8-14)13-3-2-12-6-9-16(17)15(12)10-13/h2-5,7-8,10H,6,9H2,1H3. The summed E-state index contributed by atoms with van der Waals surface area (Å²) >= 11 is 0. The van der Waals surface area contributed by atoms with E-state index in [1.807, 2.05) is 30.3 Å². The minimum Gasteiger partial charge on any atom is -0.497 e. The van der Waals surface area contributed by atoms with Gasteiger partial charge in [-0.05, 0) is 41.3 Å². The highest BCUT2D eigenvalue weighted by Gasteiger charge is 2.19. The number of rotatable bonds is 2. The number of hydrogen-bond acceptors (Lipinski definition) is 2. The molecule has 18 heavy (non-hydrogen) atoms. The lowest BCUT2D eigenvalue weighted by atomic mass is 10.0. The third-order valence-corrected chi connectivity index (χ3v) is 3.46. The Kier molecular flexibility index (Phi) is 2.63. The molecule has 0 aliphatic heterocycles. The largest absolute Gasteiger partial charge is 0.497 e. The van der Waals surface area contributed by atoms with E-state index in [1.54, 1.807) is 7.11 Å². The number of ketones is 1. The fraction of sp³-hybridized carbons (Fsp3) is 0.188. The fourth-order valence-corrected chi connectivity index (χ4v) is 2.40. The predicted molar refractivity (Wildman–Crippen MR) is 71.1 cm³/mol. The summed E-state index contributed by atoms with van der Waals surface area (Å²) in [5, 5.41) is 0. The van der Waals surface area contributed by atoms with Gasteiger partial charge in [0.05, 0.1) is 7.11 Å². The Hall–Kier alpha value is -2.09. The lowest BCUT2D eigenvalue weighted by molar-refractivity contribution is 0.0994. The van der Waals surface area contributed by atoms with Gasteiger partial charge in [-0.2, -0.15) is 0 Å². The second kappa shape index (κ2) is 4.30. The maximum absolute atomic E-state index is 11.7. The normalized spacial score (nSPS) is 13.5. The third-order valence-electron chi connectivity index (χ3n) is 3.46. The second-order valence-corrected chi connectivity index (χ2v) is 4.52. The molecular formula is C16H14O2. The lowest BCUT2D eigenvalue weighted by Gasteiger charge is -2.06. The van der Waals surface area contributed by atoms with Gasteiger partial charge in [-0.3, -0.25) is 4.79 Å². The van der Waals surface area contributed by atoms with Crippen LogP contribution < -0.4 is 4.74 Å². The number of carbonyl (C=O) groups excluding carboxylic acids is 1. The first-order chi connectivity index (χ1) is 8.78. The monoisotopic (exact) mass is 238 g/mol. The van der Waals surface area contributed by atoms with E-state index in [2.05, 4.69) is 12.1 Å². The van der Waals surface area contributed by atoms with Crippen LogP contribution in [0.15, 0.2) is 42.5 Å². The summed E-state index contributed by atoms with van der Waals surface area (Å²) in [6, 6.07) is 14.1. The molecular weight excluding hydrogens is 224 g/mol. The van der Waals surface area contributed by atoms with Gasteiger partial charge in [-0.25, -0.2) is 0 Å². The molecule has 0 unspecified atom stereocenters. The van der Waals surface area contributed by atoms with Crippen molar-refractivity contribution < 1.29 is 9.53 Å². The molecule has 1 aliphatic carbocycles. The van der Waals surface area contributed by atoms with E-state index in [1.165, 1.54) is 5.56 Å². The molecule has 3 rings (SSSR count). The van der Waals surface area contributed by atoms with Gasteiger partial charge in [-0.15, -0.1) is 0 Å². The van der Waals surface area contributed by atoms with Crippen molar-refractivity contribution in [2.75, 3.05) is 7.11 Å². The topological polar surface area (TPSA) is 26.3 Å². The first-order valence-electron chi connectivity index (χ1n) is 6.08. The average Bonchev–Trinajstić information content (AvgIpc) is 2.80. The molecule has 0 atom stereocenters. The number of benzene rings is 2. The summed E-state index contributed by atoms with van der Waals surface area (Å²) < 4.78 is 5.14. The Morgan fingerprint density at radius 2 is 1.67 bits per heavy atom. The highest BCUT2D eigenvalue weighted by molar-refractivity contribution is 6.01. The van der Waals surface area contributed by atoms with E-state index in [4.69, 9.17) is 4.74 Å². The average molecular weight is 238 g/mol. The van der Waals surface area contributed by atoms with Gasteiger partial charge in [0.25, 0.3) is 0 Å². The molecule has 2 aromatic rings. The molecule has 0 saturated heterocycles. The number of ether oxygens (including phenoxy) is 1. The van der Waals surface area contributed by atoms with Crippen LogP contribution in [0.1, 0.15) is 22.3 Å². The van der Waals surface area contributed by atoms with Crippen molar-refractivity contribution in [2.45, 2.75) is 12.8 Å². The van der Waals surface area contributed by atoms with E-state index in [0.29, 0.717) is 6.42 Å². The SMILES string of the molecule is COc1ccc(-c2ccc3c(c2)C(=O)CC3)cc1. The van der Waals surface area contributed by atoms with Gasteiger partial charge in [-0.1, -0.05) is 24.3 Å². The smallest absolute Gasteiger partial charge is 0.163 e. The number of aryl methyl sites for hydroxylation is 1. The van der Waals surface area contributed by atoms with Crippen molar-refractivity contribution in [1.29, 1.82) is 0 Å². The lowest BCUT2D eigenvalue weighted by Crippen LogP contribution is -1.91. The highest BCUT2D eigenvalue weighted by Crippen LogP contribution is 2.28. The first kappa shape index (κ1) is 11.0. The summed E-state index contributed by atoms with van der Waals surface area (Å²) in [5.74, 6) is 1.11. The van der Waals surface area contributed by atoms with Crippen molar-refractivity contribution in [1.82, 2.24) is 0 Å². The van der Waals surface area contributed by atoms with Crippen molar-refractivity contribution >= 4 is 5.78 Å². The quantitative estimate of drug-likeness (QED) is 0.800. The zero-order chi connectivity index (χ0) is 12.5. The van der Waals surface area contributed by atoms with Gasteiger partial charge in [0.1, 0.15) is 5.75 Å². The molecule has 0 spiro atoms. The molecule has 90 valence electrons. The molecule has 0 radical (unpaired) electrons. The minimum absolute atomic E-state index is 0.264. The maximum Gasteiger partial charge on any atom is 0.163 e. The van der Waals surface area contributed by atoms with Crippen LogP contribution in [-0.2, 0) is 6.42 Å². The summed E-state index contributed by atoms with van der Waals surface area (Å²) in [7, 11) is 1.66. The second-order valence-electron chi connectivity index (χ2n) is 4.52. The number of fused-ring (bicyclic) bond motifs is 1. The Morgan fingerprint density at radius 3 is 2.39 bits per heavy atom. The number of carbonyl (C=O) groups is 1. The molecule has 0 amide bonds. The van der Waals surface area contributed by atoms with Crippen molar-refractivity contribution in [3.63, 3.8) is 0 Å². The zero-order valence-electron chi connectivity index (χ0n) is 10.3. The minimum atomic E-state index is 0.264. The van der Waals surface area contributed by atoms with Crippen molar-refractivity contribution in [2.24, 2.45) is 0 Å². The summed E-state index contributed by atoms with van der Waals surface area (Å²) in [6.45, 7) is 0. The number of methoxy groups -OCH3 is 1. The van der Waals surface area contributed by atoms with Crippen LogP contribution in [0, 0.1) is 0 Å². The van der Waals surface area contributed by atoms with Crippen LogP contribution >= 0.6 is 0 Å². The molecule has 0 fully saturated rings. The Bertz CT molecular complexity index is 597. The highest BCUT2D eigenvalue weighted by atomic mass is 16.5. The van der Waals surface area contributed by atoms with Crippen molar-refractivity contribution in [3.8, 4) is 16.9 Å². The van der Waals surface area contributed by atoms with Gasteiger partial charge in [0.15, 0.2) is 5.78 Å². The molecule has 2 nitrogen and oxygen atoms in total. The van der Waals surface area contributed by atoms with Gasteiger partial charge in [0.2, 0.25) is 0 Å². The fourth-order valence-electron chi connectivity index (χ4n) is 2.40. The molecule has 2 heteroatoms. The molecule has 0 aromatic heterocycles. The zero-order valence-corrected chi connectivity index (χ0v) is 10.3. The van der Waals surface area contributed by atoms with Crippen LogP contribution in [0.3, 0.4) is 0 Å². The molecule has 0 heterocycles. The Labute approximate surface area is 106 Å². The van der Waals surface area contributed by atoms with E-state index >= 15 is 0 Å². The third kappa shape index (κ3) is 1.80. The number of hydrogen-bond donors (Lipinski definition) is 0. The Balaban J connectivity index is 2.01. The van der Waals surface area contributed by atoms with Crippen molar-refractivity contribution in [3.05, 3.63) is 53.6 Å². The van der Waals surface area contributed by atoms with Gasteiger partial charge < -0.3 is 4.74 Å². The molecule has 0 bridgehead atoms. The van der Waals surface area contributed by atoms with Crippen LogP contribution in [0.5, 0.6) is 5.75 Å². The van der Waals surface area contributed by atoms with E-state index < -0.39 is 0 Å². The summed E-state index contributed by atoms with van der Waals surface area (Å²) in [5.41, 5.74) is 4.27. The maximum atomic E-state index is 11.7. The summed E-state index contributed by atoms with van der Waals surface area (Å²) in [6.07, 6.45) is 1.54. The van der Waals surface area contributed by atoms with Crippen LogP contribution in [0.4, 0.5) is 0 Å². The van der Waals surface area contributed by atoms with E-state index in [-0.39, 0.29) is 5.78 Å². The van der Waals surface area contributed by atoms with E-state index in [0.717, 1.165) is 28.9 Å². The molecule has 0 saturated carbocycles. The summed E-state index contributed by atoms with van der Waals surface area (Å²) in [4.78, 5) is 11.7. The van der Waals surface area contributed by atoms with Gasteiger partial charge in [0, 0.05) is 12.0 Å². The number of Topliss-reactive ketones (excluding diaryl/α,β-unsaturated/α-hetero) is 1. The Morgan fingerprint density at radius 1 is 0.944 bits per heavy atom. The van der Waals surface area contributed by atoms with Crippen LogP contribution in [0.2, 0.25) is 0 Å². The molecule has 2 aromatic carbocycles. The van der Waals surface area contributed by atoms with Gasteiger partial charge >= 0.3 is 0 Å². The van der Waals surface area contributed by atoms with E-state index in [9.17, 15) is 4.79 Å². The molecule has 1 aliphatic rings. The molecule has 0 N–H and O–H groups in total. The van der Waals surface area contributed by atoms with Crippen LogP contribution in [-0.4, -0.2) is 12.9 Å².